The molecule has 0 bridgehead atoms. The van der Waals surface area contributed by atoms with Crippen LogP contribution >= 0.6 is 0 Å². The van der Waals surface area contributed by atoms with Gasteiger partial charge in [0.05, 0.1) is 23.8 Å². The number of hydrogen-bond donors (Lipinski definition) is 0. The van der Waals surface area contributed by atoms with E-state index in [0.29, 0.717) is 11.6 Å². The number of imidazole rings is 2. The predicted octanol–water partition coefficient (Wildman–Crippen LogP) is 2.67. The van der Waals surface area contributed by atoms with Gasteiger partial charge in [-0.15, -0.1) is 3.97 Å². The molecule has 39 heavy (non-hydrogen) atoms. The molecule has 1 aliphatic rings. The van der Waals surface area contributed by atoms with Gasteiger partial charge in [-0.05, 0) is 37.0 Å². The Balaban J connectivity index is 0.000000459. The van der Waals surface area contributed by atoms with Crippen molar-refractivity contribution in [3.8, 4) is 0 Å². The molecule has 1 saturated heterocycles. The minimum Gasteiger partial charge on any atom is -0.741 e. The molecular weight excluding hydrogens is 563 g/mol. The van der Waals surface area contributed by atoms with Crippen LogP contribution in [-0.2, 0) is 44.1 Å². The van der Waals surface area contributed by atoms with Crippen LogP contribution in [0.4, 0.5) is 18.9 Å². The molecule has 2 aromatic heterocycles. The van der Waals surface area contributed by atoms with Gasteiger partial charge in [-0.25, -0.2) is 22.3 Å². The van der Waals surface area contributed by atoms with E-state index in [2.05, 4.69) is 25.3 Å². The van der Waals surface area contributed by atoms with E-state index in [9.17, 15) is 21.6 Å². The van der Waals surface area contributed by atoms with Gasteiger partial charge in [0.1, 0.15) is 18.2 Å². The van der Waals surface area contributed by atoms with E-state index in [1.165, 1.54) is 20.8 Å². The highest BCUT2D eigenvalue weighted by Gasteiger charge is 2.37. The number of benzene rings is 1. The number of nitrogens with zero attached hydrogens (tertiary/aromatic N) is 5. The summed E-state index contributed by atoms with van der Waals surface area (Å²) in [5.74, 6) is 1.58. The molecule has 1 aliphatic heterocycles. The van der Waals surface area contributed by atoms with Crippen LogP contribution < -0.4 is 8.87 Å². The maximum atomic E-state index is 13.0. The Hall–Kier alpha value is -2.69. The van der Waals surface area contributed by atoms with Crippen LogP contribution in [0.25, 0.3) is 11.0 Å². The molecule has 0 radical (unpaired) electrons. The first-order valence-corrected chi connectivity index (χ1v) is 14.8. The Labute approximate surface area is 225 Å². The van der Waals surface area contributed by atoms with Crippen molar-refractivity contribution in [2.75, 3.05) is 24.6 Å². The normalized spacial score (nSPS) is 15.7. The molecule has 11 nitrogen and oxygen atoms in total. The van der Waals surface area contributed by atoms with Gasteiger partial charge in [-0.3, -0.25) is 0 Å². The van der Waals surface area contributed by atoms with Crippen molar-refractivity contribution in [1.29, 1.82) is 0 Å². The smallest absolute Gasteiger partial charge is 0.485 e. The minimum atomic E-state index is -6.09. The van der Waals surface area contributed by atoms with E-state index in [4.69, 9.17) is 22.7 Å². The number of anilines is 1. The van der Waals surface area contributed by atoms with Gasteiger partial charge in [0.15, 0.2) is 10.1 Å². The minimum absolute atomic E-state index is 0.123. The third-order valence-electron chi connectivity index (χ3n) is 6.19. The number of aromatic nitrogens is 4. The van der Waals surface area contributed by atoms with Crippen molar-refractivity contribution in [2.45, 2.75) is 51.1 Å². The lowest BCUT2D eigenvalue weighted by molar-refractivity contribution is -0.670. The zero-order valence-electron chi connectivity index (χ0n) is 22.2. The zero-order valence-corrected chi connectivity index (χ0v) is 23.8. The van der Waals surface area contributed by atoms with Crippen molar-refractivity contribution in [1.82, 2.24) is 13.5 Å². The van der Waals surface area contributed by atoms with Gasteiger partial charge in [-0.2, -0.15) is 21.6 Å². The first-order valence-electron chi connectivity index (χ1n) is 12.0. The summed E-state index contributed by atoms with van der Waals surface area (Å²) in [7, 11) is -6.45. The summed E-state index contributed by atoms with van der Waals surface area (Å²) in [5.41, 5.74) is -3.33. The van der Waals surface area contributed by atoms with Crippen LogP contribution in [0.5, 0.6) is 0 Å². The molecule has 218 valence electrons. The lowest BCUT2D eigenvalue weighted by Gasteiger charge is -2.26. The Morgan fingerprint density at radius 3 is 2.23 bits per heavy atom. The molecular formula is C23H32F3N5O6S2. The Kier molecular flexibility index (Phi) is 8.75. The van der Waals surface area contributed by atoms with E-state index in [1.807, 2.05) is 18.2 Å². The monoisotopic (exact) mass is 595 g/mol. The van der Waals surface area contributed by atoms with E-state index in [0.717, 1.165) is 49.5 Å². The predicted molar refractivity (Wildman–Crippen MR) is 136 cm³/mol. The summed E-state index contributed by atoms with van der Waals surface area (Å²) in [6, 6.07) is 5.72. The van der Waals surface area contributed by atoms with Gasteiger partial charge >= 0.3 is 15.7 Å². The van der Waals surface area contributed by atoms with Crippen LogP contribution in [0.1, 0.15) is 39.4 Å². The SMILES string of the molecule is CN(c1ccc2c(c1)nc(C(C)(C)C)n2CC1CCOCC1)S(=O)(=O)n1cc[n+](C)c1.O=S(=O)([O-])C(F)(F)F. The molecule has 0 aliphatic carbocycles. The molecule has 16 heteroatoms. The van der Waals surface area contributed by atoms with Gasteiger partial charge in [0.2, 0.25) is 0 Å². The number of rotatable bonds is 5. The van der Waals surface area contributed by atoms with Crippen LogP contribution in [0.2, 0.25) is 0 Å². The summed E-state index contributed by atoms with van der Waals surface area (Å²) in [5, 5.41) is 0. The molecule has 3 heterocycles. The lowest BCUT2D eigenvalue weighted by Crippen LogP contribution is -2.33. The van der Waals surface area contributed by atoms with Crippen LogP contribution in [0, 0.1) is 5.92 Å². The summed E-state index contributed by atoms with van der Waals surface area (Å²) in [6.07, 6.45) is 6.87. The molecule has 4 rings (SSSR count). The van der Waals surface area contributed by atoms with E-state index in [1.54, 1.807) is 24.9 Å². The molecule has 1 fully saturated rings. The highest BCUT2D eigenvalue weighted by molar-refractivity contribution is 7.91. The second-order valence-electron chi connectivity index (χ2n) is 10.3. The number of halogens is 3. The van der Waals surface area contributed by atoms with Gasteiger partial charge in [0.25, 0.3) is 6.33 Å². The fourth-order valence-corrected chi connectivity index (χ4v) is 5.24. The average Bonchev–Trinajstić information content (AvgIpc) is 3.42. The van der Waals surface area contributed by atoms with Crippen molar-refractivity contribution >= 4 is 37.0 Å². The summed E-state index contributed by atoms with van der Waals surface area (Å²) in [6.45, 7) is 9.02. The Morgan fingerprint density at radius 1 is 1.15 bits per heavy atom. The van der Waals surface area contributed by atoms with Gasteiger partial charge in [-0.1, -0.05) is 20.8 Å². The summed E-state index contributed by atoms with van der Waals surface area (Å²) >= 11 is 0. The molecule has 0 unspecified atom stereocenters. The molecule has 0 N–H and O–H groups in total. The number of ether oxygens (including phenoxy) is 1. The number of fused-ring (bicyclic) bond motifs is 1. The molecule has 0 saturated carbocycles. The highest BCUT2D eigenvalue weighted by atomic mass is 32.2. The number of hydrogen-bond acceptors (Lipinski definition) is 7. The largest absolute Gasteiger partial charge is 0.741 e. The second-order valence-corrected chi connectivity index (χ2v) is 13.5. The summed E-state index contributed by atoms with van der Waals surface area (Å²) < 4.78 is 97.0. The molecule has 3 aromatic rings. The molecule has 1 aromatic carbocycles. The highest BCUT2D eigenvalue weighted by Crippen LogP contribution is 2.31. The Morgan fingerprint density at radius 2 is 1.74 bits per heavy atom. The first-order chi connectivity index (χ1) is 17.8. The lowest BCUT2D eigenvalue weighted by atomic mass is 9.94. The number of aryl methyl sites for hydroxylation is 1. The Bertz CT molecular complexity index is 1520. The quantitative estimate of drug-likeness (QED) is 0.252. The maximum absolute atomic E-state index is 13.0. The molecule has 0 atom stereocenters. The van der Waals surface area contributed by atoms with E-state index in [-0.39, 0.29) is 5.41 Å². The average molecular weight is 596 g/mol. The summed E-state index contributed by atoms with van der Waals surface area (Å²) in [4.78, 5) is 4.95. The van der Waals surface area contributed by atoms with Crippen LogP contribution in [0.3, 0.4) is 0 Å². The fraction of sp³-hybridized carbons (Fsp3) is 0.565. The van der Waals surface area contributed by atoms with Gasteiger partial charge < -0.3 is 13.9 Å². The fourth-order valence-electron chi connectivity index (χ4n) is 4.10. The van der Waals surface area contributed by atoms with Crippen molar-refractivity contribution < 1.29 is 43.9 Å². The maximum Gasteiger partial charge on any atom is 0.485 e. The third kappa shape index (κ3) is 7.10. The van der Waals surface area contributed by atoms with Crippen LogP contribution in [0.15, 0.2) is 36.9 Å². The van der Waals surface area contributed by atoms with E-state index >= 15 is 0 Å². The van der Waals surface area contributed by atoms with Crippen molar-refractivity contribution in [3.63, 3.8) is 0 Å². The zero-order chi connectivity index (χ0) is 29.4. The second kappa shape index (κ2) is 11.1. The molecule has 0 amide bonds. The standard InChI is InChI=1S/C22H32N5O3S.CHF3O3S/c1-22(2,3)21-23-19-14-18(25(5)31(28,29)26-11-10-24(4)16-26)6-7-20(19)27(21)15-17-8-12-30-13-9-17;2-1(3,4)8(5,6)7/h6-7,10-11,14,16-17H,8-9,12-13,15H2,1-5H3;(H,5,6,7)/q+1;/p-1. The third-order valence-corrected chi connectivity index (χ3v) is 8.41. The van der Waals surface area contributed by atoms with Crippen LogP contribution in [-0.4, -0.2) is 60.7 Å². The number of alkyl halides is 3. The first kappa shape index (κ1) is 30.8. The topological polar surface area (TPSA) is 130 Å². The van der Waals surface area contributed by atoms with Gasteiger partial charge in [0, 0.05) is 32.2 Å². The van der Waals surface area contributed by atoms with Crippen molar-refractivity contribution in [2.24, 2.45) is 13.0 Å². The van der Waals surface area contributed by atoms with Crippen molar-refractivity contribution in [3.05, 3.63) is 42.7 Å². The molecule has 0 spiro atoms. The van der Waals surface area contributed by atoms with E-state index < -0.39 is 25.8 Å².